The fraction of sp³-hybridized carbons (Fsp3) is 0.192. The number of nitrogens with one attached hydrogen (secondary N) is 2. The van der Waals surface area contributed by atoms with E-state index < -0.39 is 0 Å². The van der Waals surface area contributed by atoms with Gasteiger partial charge in [0.05, 0.1) is 36.3 Å². The van der Waals surface area contributed by atoms with Gasteiger partial charge in [0.2, 0.25) is 11.7 Å². The molecule has 0 saturated carbocycles. The number of nitrogens with zero attached hydrogens (tertiary/aromatic N) is 5. The maximum atomic E-state index is 13.5. The highest BCUT2D eigenvalue weighted by molar-refractivity contribution is 9.10. The predicted octanol–water partition coefficient (Wildman–Crippen LogP) is 2.55. The molecule has 0 atom stereocenters. The van der Waals surface area contributed by atoms with Gasteiger partial charge in [-0.05, 0) is 42.0 Å². The molecule has 3 heterocycles. The number of H-pyrrole nitrogens is 1. The van der Waals surface area contributed by atoms with Crippen LogP contribution in [0.25, 0.3) is 11.5 Å². The summed E-state index contributed by atoms with van der Waals surface area (Å²) in [6.07, 6.45) is -0.0414. The third kappa shape index (κ3) is 4.54. The van der Waals surface area contributed by atoms with Crippen LogP contribution in [0, 0.1) is 6.92 Å². The summed E-state index contributed by atoms with van der Waals surface area (Å²) in [6.45, 7) is 1.96. The lowest BCUT2D eigenvalue weighted by Gasteiger charge is -2.12. The predicted molar refractivity (Wildman–Crippen MR) is 139 cm³/mol. The summed E-state index contributed by atoms with van der Waals surface area (Å²) in [4.78, 5) is 56.5. The Morgan fingerprint density at radius 1 is 1.03 bits per heavy atom. The van der Waals surface area contributed by atoms with Crippen molar-refractivity contribution in [2.24, 2.45) is 0 Å². The lowest BCUT2D eigenvalue weighted by atomic mass is 9.98. The molecule has 4 aromatic rings. The Morgan fingerprint density at radius 2 is 1.74 bits per heavy atom. The first-order chi connectivity index (χ1) is 18.3. The number of halogens is 1. The number of carbonyl (C=O) groups is 4. The average molecular weight is 576 g/mol. The highest BCUT2D eigenvalue weighted by atomic mass is 79.9. The molecule has 0 aliphatic carbocycles. The van der Waals surface area contributed by atoms with Crippen LogP contribution in [-0.4, -0.2) is 67.2 Å². The lowest BCUT2D eigenvalue weighted by Crippen LogP contribution is -2.33. The van der Waals surface area contributed by atoms with Gasteiger partial charge in [0.1, 0.15) is 0 Å². The van der Waals surface area contributed by atoms with E-state index in [1.807, 2.05) is 6.07 Å². The van der Waals surface area contributed by atoms with Crippen LogP contribution >= 0.6 is 15.9 Å². The second kappa shape index (κ2) is 10.1. The summed E-state index contributed by atoms with van der Waals surface area (Å²) in [5.41, 5.74) is 3.04. The molecule has 2 N–H and O–H groups in total. The van der Waals surface area contributed by atoms with Crippen molar-refractivity contribution >= 4 is 39.4 Å². The number of rotatable bonds is 8. The minimum Gasteiger partial charge on any atom is -0.359 e. The number of aromatic amines is 1. The first-order valence-electron chi connectivity index (χ1n) is 11.7. The molecule has 11 nitrogen and oxygen atoms in total. The van der Waals surface area contributed by atoms with Gasteiger partial charge in [-0.15, -0.1) is 10.2 Å². The number of fused-ring (bicyclic) bond motifs is 1. The van der Waals surface area contributed by atoms with Crippen molar-refractivity contribution in [2.45, 2.75) is 19.9 Å². The topological polar surface area (TPSA) is 143 Å². The number of tetrazole rings is 1. The Hall–Kier alpha value is -4.45. The van der Waals surface area contributed by atoms with Gasteiger partial charge in [0.25, 0.3) is 11.8 Å². The third-order valence-corrected chi connectivity index (χ3v) is 6.83. The molecule has 12 heteroatoms. The molecule has 2 aromatic heterocycles. The van der Waals surface area contributed by atoms with Crippen LogP contribution in [0.5, 0.6) is 0 Å². The van der Waals surface area contributed by atoms with Crippen LogP contribution in [0.15, 0.2) is 53.0 Å². The molecule has 0 saturated heterocycles. The van der Waals surface area contributed by atoms with Gasteiger partial charge in [-0.25, -0.2) is 0 Å². The Kier molecular flexibility index (Phi) is 6.72. The molecule has 0 radical (unpaired) electrons. The standard InChI is InChI=1S/C26H22BrN7O4/c1-14-21(23(36)15-6-5-7-16(27)12-15)19(13-20(35)28-2)29-22(14)24-30-32-34(31-24)11-10-33-25(37)17-8-3-4-9-18(17)26(33)38/h3-9,12,29H,10-11,13H2,1-2H3,(H,28,35). The SMILES string of the molecule is CNC(=O)Cc1[nH]c(-c2nnn(CCN3C(=O)c4ccccc4C3=O)n2)c(C)c1C(=O)c1cccc(Br)c1. The fourth-order valence-electron chi connectivity index (χ4n) is 4.41. The summed E-state index contributed by atoms with van der Waals surface area (Å²) in [5.74, 6) is -1.01. The second-order valence-corrected chi connectivity index (χ2v) is 9.60. The molecule has 38 heavy (non-hydrogen) atoms. The monoisotopic (exact) mass is 575 g/mol. The molecule has 5 rings (SSSR count). The van der Waals surface area contributed by atoms with Crippen LogP contribution in [0.4, 0.5) is 0 Å². The van der Waals surface area contributed by atoms with Crippen molar-refractivity contribution in [1.29, 1.82) is 0 Å². The van der Waals surface area contributed by atoms with Crippen molar-refractivity contribution in [3.05, 3.63) is 86.5 Å². The number of hydrogen-bond acceptors (Lipinski definition) is 7. The Labute approximate surface area is 225 Å². The van der Waals surface area contributed by atoms with Gasteiger partial charge in [-0.2, -0.15) is 4.80 Å². The molecular weight excluding hydrogens is 554 g/mol. The van der Waals surface area contributed by atoms with Crippen LogP contribution in [0.1, 0.15) is 47.9 Å². The summed E-state index contributed by atoms with van der Waals surface area (Å²) in [7, 11) is 1.52. The number of amides is 3. The molecule has 2 aromatic carbocycles. The number of benzene rings is 2. The number of hydrogen-bond donors (Lipinski definition) is 2. The van der Waals surface area contributed by atoms with E-state index in [1.165, 1.54) is 11.8 Å². The third-order valence-electron chi connectivity index (χ3n) is 6.34. The van der Waals surface area contributed by atoms with Crippen LogP contribution < -0.4 is 5.32 Å². The second-order valence-electron chi connectivity index (χ2n) is 8.68. The maximum absolute atomic E-state index is 13.5. The molecule has 1 aliphatic rings. The molecule has 0 unspecified atom stereocenters. The zero-order chi connectivity index (χ0) is 27.0. The quantitative estimate of drug-likeness (QED) is 0.243. The van der Waals surface area contributed by atoms with E-state index in [4.69, 9.17) is 0 Å². The smallest absolute Gasteiger partial charge is 0.261 e. The van der Waals surface area contributed by atoms with E-state index in [9.17, 15) is 19.2 Å². The number of aromatic nitrogens is 5. The van der Waals surface area contributed by atoms with Gasteiger partial charge < -0.3 is 10.3 Å². The first-order valence-corrected chi connectivity index (χ1v) is 12.5. The first kappa shape index (κ1) is 25.2. The van der Waals surface area contributed by atoms with Crippen molar-refractivity contribution in [3.63, 3.8) is 0 Å². The average Bonchev–Trinajstić information content (AvgIpc) is 3.58. The van der Waals surface area contributed by atoms with Crippen LogP contribution in [0.2, 0.25) is 0 Å². The highest BCUT2D eigenvalue weighted by Gasteiger charge is 2.35. The van der Waals surface area contributed by atoms with Gasteiger partial charge >= 0.3 is 0 Å². The molecule has 0 spiro atoms. The number of likely N-dealkylation sites (N-methyl/N-ethyl adjacent to an activating group) is 1. The van der Waals surface area contributed by atoms with Gasteiger partial charge in [0.15, 0.2) is 5.78 Å². The number of imide groups is 1. The van der Waals surface area contributed by atoms with E-state index in [2.05, 4.69) is 41.6 Å². The van der Waals surface area contributed by atoms with E-state index in [1.54, 1.807) is 49.4 Å². The molecule has 0 bridgehead atoms. The Bertz CT molecular complexity index is 1570. The lowest BCUT2D eigenvalue weighted by molar-refractivity contribution is -0.120. The van der Waals surface area contributed by atoms with Gasteiger partial charge in [0, 0.05) is 28.3 Å². The maximum Gasteiger partial charge on any atom is 0.261 e. The van der Waals surface area contributed by atoms with Crippen molar-refractivity contribution in [2.75, 3.05) is 13.6 Å². The fourth-order valence-corrected chi connectivity index (χ4v) is 4.81. The van der Waals surface area contributed by atoms with Crippen molar-refractivity contribution < 1.29 is 19.2 Å². The Balaban J connectivity index is 1.41. The normalized spacial score (nSPS) is 12.7. The molecule has 3 amide bonds. The van der Waals surface area contributed by atoms with Crippen LogP contribution in [0.3, 0.4) is 0 Å². The zero-order valence-electron chi connectivity index (χ0n) is 20.5. The van der Waals surface area contributed by atoms with Crippen molar-refractivity contribution in [1.82, 2.24) is 35.4 Å². The Morgan fingerprint density at radius 3 is 2.39 bits per heavy atom. The van der Waals surface area contributed by atoms with E-state index in [0.717, 1.165) is 9.37 Å². The minimum atomic E-state index is -0.360. The van der Waals surface area contributed by atoms with Gasteiger partial charge in [-0.1, -0.05) is 40.2 Å². The van der Waals surface area contributed by atoms with Crippen molar-refractivity contribution in [3.8, 4) is 11.5 Å². The molecular formula is C26H22BrN7O4. The van der Waals surface area contributed by atoms with E-state index in [-0.39, 0.29) is 48.8 Å². The number of carbonyl (C=O) groups excluding carboxylic acids is 4. The van der Waals surface area contributed by atoms with E-state index in [0.29, 0.717) is 39.2 Å². The largest absolute Gasteiger partial charge is 0.359 e. The molecule has 1 aliphatic heterocycles. The van der Waals surface area contributed by atoms with Crippen LogP contribution in [-0.2, 0) is 17.8 Å². The summed E-state index contributed by atoms with van der Waals surface area (Å²) >= 11 is 3.39. The number of ketones is 1. The van der Waals surface area contributed by atoms with Gasteiger partial charge in [-0.3, -0.25) is 24.1 Å². The summed E-state index contributed by atoms with van der Waals surface area (Å²) in [5, 5.41) is 15.1. The zero-order valence-corrected chi connectivity index (χ0v) is 22.1. The highest BCUT2D eigenvalue weighted by Crippen LogP contribution is 2.29. The minimum absolute atomic E-state index is 0.0414. The summed E-state index contributed by atoms with van der Waals surface area (Å²) in [6, 6.07) is 13.7. The summed E-state index contributed by atoms with van der Waals surface area (Å²) < 4.78 is 0.757. The molecule has 192 valence electrons. The molecule has 0 fully saturated rings. The van der Waals surface area contributed by atoms with E-state index >= 15 is 0 Å².